The Morgan fingerprint density at radius 2 is 2.00 bits per heavy atom. The van der Waals surface area contributed by atoms with Crippen LogP contribution in [0.1, 0.15) is 34.7 Å². The number of nitrogens with one attached hydrogen (secondary N) is 1. The molecule has 2 heterocycles. The van der Waals surface area contributed by atoms with Crippen LogP contribution in [0.2, 0.25) is 0 Å². The van der Waals surface area contributed by atoms with Crippen LogP contribution in [0.3, 0.4) is 0 Å². The van der Waals surface area contributed by atoms with Gasteiger partial charge < -0.3 is 14.8 Å². The number of H-pyrrole nitrogens is 1. The van der Waals surface area contributed by atoms with Crippen molar-refractivity contribution in [3.63, 3.8) is 0 Å². The van der Waals surface area contributed by atoms with E-state index in [4.69, 9.17) is 9.84 Å². The first kappa shape index (κ1) is 12.9. The van der Waals surface area contributed by atoms with Crippen LogP contribution in [0, 0.1) is 0 Å². The van der Waals surface area contributed by atoms with Gasteiger partial charge in [0.25, 0.3) is 5.56 Å². The van der Waals surface area contributed by atoms with E-state index in [2.05, 4.69) is 4.98 Å². The Hall–Kier alpha value is -2.14. The molecule has 104 valence electrons. The SMILES string of the molecule is O=C(O)c1cc2ccc(C3CCOCC3)cc2[nH]c1=O. The predicted octanol–water partition coefficient (Wildman–Crippen LogP) is 2.12. The zero-order valence-corrected chi connectivity index (χ0v) is 10.9. The number of carboxylic acids is 1. The lowest BCUT2D eigenvalue weighted by Gasteiger charge is -2.22. The highest BCUT2D eigenvalue weighted by atomic mass is 16.5. The minimum atomic E-state index is -1.21. The maximum absolute atomic E-state index is 11.7. The van der Waals surface area contributed by atoms with E-state index in [1.807, 2.05) is 18.2 Å². The molecule has 1 aromatic carbocycles. The second-order valence-corrected chi connectivity index (χ2v) is 5.05. The third kappa shape index (κ3) is 2.32. The van der Waals surface area contributed by atoms with Crippen molar-refractivity contribution in [1.29, 1.82) is 0 Å². The van der Waals surface area contributed by atoms with Crippen molar-refractivity contribution in [2.45, 2.75) is 18.8 Å². The number of carbonyl (C=O) groups is 1. The Bertz CT molecular complexity index is 713. The second kappa shape index (κ2) is 5.09. The van der Waals surface area contributed by atoms with E-state index in [1.165, 1.54) is 11.6 Å². The number of hydrogen-bond acceptors (Lipinski definition) is 3. The van der Waals surface area contributed by atoms with E-state index < -0.39 is 11.5 Å². The molecule has 5 nitrogen and oxygen atoms in total. The number of aromatic amines is 1. The molecule has 1 saturated heterocycles. The lowest BCUT2D eigenvalue weighted by molar-refractivity contribution is 0.0695. The van der Waals surface area contributed by atoms with E-state index in [9.17, 15) is 9.59 Å². The van der Waals surface area contributed by atoms with Gasteiger partial charge in [-0.2, -0.15) is 0 Å². The molecule has 0 atom stereocenters. The van der Waals surface area contributed by atoms with Crippen molar-refractivity contribution < 1.29 is 14.6 Å². The highest BCUT2D eigenvalue weighted by Crippen LogP contribution is 2.28. The van der Waals surface area contributed by atoms with Gasteiger partial charge >= 0.3 is 5.97 Å². The number of carboxylic acid groups (broad SMARTS) is 1. The molecule has 2 aromatic rings. The van der Waals surface area contributed by atoms with Gasteiger partial charge in [0, 0.05) is 18.7 Å². The van der Waals surface area contributed by atoms with Gasteiger partial charge in [0.05, 0.1) is 0 Å². The van der Waals surface area contributed by atoms with Crippen LogP contribution in [-0.4, -0.2) is 29.3 Å². The Labute approximate surface area is 115 Å². The van der Waals surface area contributed by atoms with Gasteiger partial charge in [0.2, 0.25) is 0 Å². The van der Waals surface area contributed by atoms with Gasteiger partial charge in [-0.3, -0.25) is 4.79 Å². The summed E-state index contributed by atoms with van der Waals surface area (Å²) in [5.74, 6) is -0.766. The lowest BCUT2D eigenvalue weighted by atomic mass is 9.91. The highest BCUT2D eigenvalue weighted by Gasteiger charge is 2.17. The Balaban J connectivity index is 2.05. The van der Waals surface area contributed by atoms with Gasteiger partial charge in [0.15, 0.2) is 0 Å². The smallest absolute Gasteiger partial charge is 0.341 e. The molecule has 0 amide bonds. The normalized spacial score (nSPS) is 16.4. The number of fused-ring (bicyclic) bond motifs is 1. The quantitative estimate of drug-likeness (QED) is 0.878. The first-order chi connectivity index (χ1) is 9.65. The summed E-state index contributed by atoms with van der Waals surface area (Å²) in [7, 11) is 0. The average Bonchev–Trinajstić information content (AvgIpc) is 2.46. The summed E-state index contributed by atoms with van der Waals surface area (Å²) in [4.78, 5) is 25.3. The second-order valence-electron chi connectivity index (χ2n) is 5.05. The summed E-state index contributed by atoms with van der Waals surface area (Å²) < 4.78 is 5.35. The van der Waals surface area contributed by atoms with Crippen LogP contribution in [0.5, 0.6) is 0 Å². The van der Waals surface area contributed by atoms with Crippen LogP contribution in [-0.2, 0) is 4.74 Å². The third-order valence-corrected chi connectivity index (χ3v) is 3.79. The van der Waals surface area contributed by atoms with Crippen molar-refractivity contribution >= 4 is 16.9 Å². The lowest BCUT2D eigenvalue weighted by Crippen LogP contribution is -2.17. The van der Waals surface area contributed by atoms with Crippen molar-refractivity contribution in [3.05, 3.63) is 45.7 Å². The molecule has 0 aliphatic carbocycles. The number of ether oxygens (including phenoxy) is 1. The Morgan fingerprint density at radius 1 is 1.25 bits per heavy atom. The summed E-state index contributed by atoms with van der Waals surface area (Å²) in [6.07, 6.45) is 1.95. The zero-order valence-electron chi connectivity index (χ0n) is 10.9. The van der Waals surface area contributed by atoms with E-state index in [1.54, 1.807) is 0 Å². The Kier molecular flexibility index (Phi) is 3.28. The van der Waals surface area contributed by atoms with Crippen LogP contribution < -0.4 is 5.56 Å². The first-order valence-electron chi connectivity index (χ1n) is 6.63. The van der Waals surface area contributed by atoms with E-state index in [0.717, 1.165) is 31.4 Å². The average molecular weight is 273 g/mol. The van der Waals surface area contributed by atoms with Crippen LogP contribution >= 0.6 is 0 Å². The van der Waals surface area contributed by atoms with Crippen molar-refractivity contribution in [3.8, 4) is 0 Å². The van der Waals surface area contributed by atoms with Crippen molar-refractivity contribution in [1.82, 2.24) is 4.98 Å². The minimum absolute atomic E-state index is 0.226. The largest absolute Gasteiger partial charge is 0.477 e. The monoisotopic (exact) mass is 273 g/mol. The summed E-state index contributed by atoms with van der Waals surface area (Å²) in [6, 6.07) is 7.23. The summed E-state index contributed by atoms with van der Waals surface area (Å²) >= 11 is 0. The van der Waals surface area contributed by atoms with Crippen molar-refractivity contribution in [2.75, 3.05) is 13.2 Å². The molecule has 0 unspecified atom stereocenters. The maximum atomic E-state index is 11.7. The molecule has 1 aliphatic heterocycles. The van der Waals surface area contributed by atoms with Crippen LogP contribution in [0.4, 0.5) is 0 Å². The minimum Gasteiger partial charge on any atom is -0.477 e. The summed E-state index contributed by atoms with van der Waals surface area (Å²) in [6.45, 7) is 1.52. The highest BCUT2D eigenvalue weighted by molar-refractivity contribution is 5.92. The molecule has 1 fully saturated rings. The number of benzene rings is 1. The molecule has 1 aliphatic rings. The van der Waals surface area contributed by atoms with E-state index in [0.29, 0.717) is 11.4 Å². The van der Waals surface area contributed by atoms with Gasteiger partial charge in [-0.1, -0.05) is 12.1 Å². The molecule has 20 heavy (non-hydrogen) atoms. The first-order valence-corrected chi connectivity index (χ1v) is 6.63. The maximum Gasteiger partial charge on any atom is 0.341 e. The zero-order chi connectivity index (χ0) is 14.1. The molecule has 5 heteroatoms. The fourth-order valence-electron chi connectivity index (χ4n) is 2.66. The number of aromatic carboxylic acids is 1. The molecular weight excluding hydrogens is 258 g/mol. The predicted molar refractivity (Wildman–Crippen MR) is 74.3 cm³/mol. The summed E-state index contributed by atoms with van der Waals surface area (Å²) in [5, 5.41) is 9.68. The number of aromatic nitrogens is 1. The topological polar surface area (TPSA) is 79.4 Å². The van der Waals surface area contributed by atoms with Gasteiger partial charge in [-0.15, -0.1) is 0 Å². The molecule has 2 N–H and O–H groups in total. The molecule has 0 saturated carbocycles. The standard InChI is InChI=1S/C15H15NO4/c17-14-12(15(18)19)7-11-2-1-10(8-13(11)16-14)9-3-5-20-6-4-9/h1-2,7-9H,3-6H2,(H,16,17)(H,18,19). The number of hydrogen-bond donors (Lipinski definition) is 2. The number of pyridine rings is 1. The van der Waals surface area contributed by atoms with Crippen LogP contribution in [0.15, 0.2) is 29.1 Å². The molecule has 3 rings (SSSR count). The van der Waals surface area contributed by atoms with Gasteiger partial charge in [0.1, 0.15) is 5.56 Å². The van der Waals surface area contributed by atoms with Gasteiger partial charge in [-0.05, 0) is 41.8 Å². The molecule has 0 radical (unpaired) electrons. The third-order valence-electron chi connectivity index (χ3n) is 3.79. The van der Waals surface area contributed by atoms with Gasteiger partial charge in [-0.25, -0.2) is 4.79 Å². The van der Waals surface area contributed by atoms with E-state index >= 15 is 0 Å². The number of rotatable bonds is 2. The fraction of sp³-hybridized carbons (Fsp3) is 0.333. The van der Waals surface area contributed by atoms with Crippen LogP contribution in [0.25, 0.3) is 10.9 Å². The van der Waals surface area contributed by atoms with Crippen molar-refractivity contribution in [2.24, 2.45) is 0 Å². The molecular formula is C15H15NO4. The molecule has 0 bridgehead atoms. The molecule has 1 aromatic heterocycles. The fourth-order valence-corrected chi connectivity index (χ4v) is 2.66. The summed E-state index contributed by atoms with van der Waals surface area (Å²) in [5.41, 5.74) is 1.06. The molecule has 0 spiro atoms. The van der Waals surface area contributed by atoms with E-state index in [-0.39, 0.29) is 5.56 Å². The Morgan fingerprint density at radius 3 is 2.70 bits per heavy atom.